The molecule has 1 fully saturated rings. The lowest BCUT2D eigenvalue weighted by atomic mass is 10.2. The molecule has 1 N–H and O–H groups in total. The topological polar surface area (TPSA) is 64.6 Å². The summed E-state index contributed by atoms with van der Waals surface area (Å²) in [5, 5.41) is 3.72. The van der Waals surface area contributed by atoms with Crippen LogP contribution in [0.3, 0.4) is 0 Å². The first kappa shape index (κ1) is 15.0. The molecule has 1 amide bonds. The van der Waals surface area contributed by atoms with Gasteiger partial charge >= 0.3 is 5.97 Å². The van der Waals surface area contributed by atoms with Gasteiger partial charge in [0.15, 0.2) is 6.61 Å². The minimum absolute atomic E-state index is 0.0854. The molecule has 3 rings (SSSR count). The fraction of sp³-hybridized carbons (Fsp3) is 0.375. The summed E-state index contributed by atoms with van der Waals surface area (Å²) in [6.07, 6.45) is 2.07. The first-order valence-corrected chi connectivity index (χ1v) is 8.08. The molecule has 0 radical (unpaired) electrons. The highest BCUT2D eigenvalue weighted by molar-refractivity contribution is 7.20. The maximum Gasteiger partial charge on any atom is 0.348 e. The number of benzene rings is 1. The van der Waals surface area contributed by atoms with Gasteiger partial charge in [0.05, 0.1) is 6.10 Å². The molecule has 1 aliphatic heterocycles. The third-order valence-electron chi connectivity index (χ3n) is 3.51. The van der Waals surface area contributed by atoms with E-state index in [0.717, 1.165) is 29.5 Å². The van der Waals surface area contributed by atoms with E-state index in [9.17, 15) is 9.59 Å². The van der Waals surface area contributed by atoms with E-state index in [1.807, 2.05) is 24.3 Å². The minimum atomic E-state index is -0.464. The molecule has 1 saturated heterocycles. The summed E-state index contributed by atoms with van der Waals surface area (Å²) < 4.78 is 11.5. The molecule has 2 aromatic rings. The largest absolute Gasteiger partial charge is 0.451 e. The van der Waals surface area contributed by atoms with E-state index in [1.165, 1.54) is 11.3 Å². The van der Waals surface area contributed by atoms with E-state index in [1.54, 1.807) is 6.07 Å². The van der Waals surface area contributed by atoms with Gasteiger partial charge in [-0.3, -0.25) is 4.79 Å². The lowest BCUT2D eigenvalue weighted by Crippen LogP contribution is -2.34. The van der Waals surface area contributed by atoms with Gasteiger partial charge in [-0.1, -0.05) is 18.2 Å². The molecule has 2 heterocycles. The molecule has 1 aromatic carbocycles. The fourth-order valence-electron chi connectivity index (χ4n) is 2.37. The first-order chi connectivity index (χ1) is 10.7. The van der Waals surface area contributed by atoms with E-state index in [4.69, 9.17) is 9.47 Å². The summed E-state index contributed by atoms with van der Waals surface area (Å²) in [7, 11) is 0. The van der Waals surface area contributed by atoms with Crippen LogP contribution >= 0.6 is 11.3 Å². The van der Waals surface area contributed by atoms with Gasteiger partial charge in [-0.2, -0.15) is 0 Å². The number of hydrogen-bond donors (Lipinski definition) is 1. The molecule has 1 atom stereocenters. The number of carbonyl (C=O) groups excluding carboxylic acids is 2. The predicted molar refractivity (Wildman–Crippen MR) is 84.1 cm³/mol. The second kappa shape index (κ2) is 6.89. The Labute approximate surface area is 132 Å². The molecule has 116 valence electrons. The predicted octanol–water partition coefficient (Wildman–Crippen LogP) is 2.35. The maximum absolute atomic E-state index is 12.0. The van der Waals surface area contributed by atoms with Crippen molar-refractivity contribution in [2.75, 3.05) is 19.8 Å². The molecular formula is C16H17NO4S. The monoisotopic (exact) mass is 319 g/mol. The Hall–Kier alpha value is -1.92. The Morgan fingerprint density at radius 1 is 1.36 bits per heavy atom. The molecule has 0 bridgehead atoms. The highest BCUT2D eigenvalue weighted by Crippen LogP contribution is 2.25. The Morgan fingerprint density at radius 2 is 2.23 bits per heavy atom. The molecule has 22 heavy (non-hydrogen) atoms. The summed E-state index contributed by atoms with van der Waals surface area (Å²) in [6, 6.07) is 9.52. The second-order valence-corrected chi connectivity index (χ2v) is 6.25. The summed E-state index contributed by atoms with van der Waals surface area (Å²) in [5.74, 6) is -0.765. The first-order valence-electron chi connectivity index (χ1n) is 7.26. The molecule has 0 spiro atoms. The van der Waals surface area contributed by atoms with Crippen LogP contribution in [-0.2, 0) is 14.3 Å². The van der Waals surface area contributed by atoms with Crippen LogP contribution in [0.15, 0.2) is 30.3 Å². The Balaban J connectivity index is 1.47. The summed E-state index contributed by atoms with van der Waals surface area (Å²) in [6.45, 7) is 0.959. The van der Waals surface area contributed by atoms with Gasteiger partial charge in [-0.15, -0.1) is 11.3 Å². The number of esters is 1. The van der Waals surface area contributed by atoms with Gasteiger partial charge in [-0.05, 0) is 30.4 Å². The van der Waals surface area contributed by atoms with E-state index >= 15 is 0 Å². The summed E-state index contributed by atoms with van der Waals surface area (Å²) in [4.78, 5) is 24.1. The van der Waals surface area contributed by atoms with E-state index in [0.29, 0.717) is 11.4 Å². The molecule has 6 heteroatoms. The molecule has 0 saturated carbocycles. The van der Waals surface area contributed by atoms with Crippen LogP contribution in [0, 0.1) is 0 Å². The third kappa shape index (κ3) is 3.64. The SMILES string of the molecule is O=C(COC(=O)c1cc2ccccc2s1)NCC1CCCO1. The van der Waals surface area contributed by atoms with Crippen LogP contribution < -0.4 is 5.32 Å². The highest BCUT2D eigenvalue weighted by atomic mass is 32.1. The lowest BCUT2D eigenvalue weighted by Gasteiger charge is -2.10. The van der Waals surface area contributed by atoms with Gasteiger partial charge in [-0.25, -0.2) is 4.79 Å². The zero-order valence-corrected chi connectivity index (χ0v) is 12.9. The van der Waals surface area contributed by atoms with E-state index in [2.05, 4.69) is 5.32 Å². The van der Waals surface area contributed by atoms with Crippen molar-refractivity contribution in [3.63, 3.8) is 0 Å². The number of fused-ring (bicyclic) bond motifs is 1. The van der Waals surface area contributed by atoms with Crippen molar-refractivity contribution in [2.45, 2.75) is 18.9 Å². The zero-order chi connectivity index (χ0) is 15.4. The van der Waals surface area contributed by atoms with Crippen LogP contribution in [0.25, 0.3) is 10.1 Å². The number of carbonyl (C=O) groups is 2. The molecule has 0 aliphatic carbocycles. The molecule has 1 aromatic heterocycles. The summed E-state index contributed by atoms with van der Waals surface area (Å²) >= 11 is 1.36. The van der Waals surface area contributed by atoms with Gasteiger partial charge in [0.1, 0.15) is 4.88 Å². The molecule has 1 aliphatic rings. The number of nitrogens with one attached hydrogen (secondary N) is 1. The Morgan fingerprint density at radius 3 is 3.00 bits per heavy atom. The average Bonchev–Trinajstić information content (AvgIpc) is 3.19. The lowest BCUT2D eigenvalue weighted by molar-refractivity contribution is -0.124. The highest BCUT2D eigenvalue weighted by Gasteiger charge is 2.17. The van der Waals surface area contributed by atoms with Crippen molar-refractivity contribution in [3.05, 3.63) is 35.2 Å². The van der Waals surface area contributed by atoms with Gasteiger partial charge < -0.3 is 14.8 Å². The summed E-state index contributed by atoms with van der Waals surface area (Å²) in [5.41, 5.74) is 0. The van der Waals surface area contributed by atoms with Crippen LogP contribution in [-0.4, -0.2) is 37.7 Å². The van der Waals surface area contributed by atoms with Crippen LogP contribution in [0.1, 0.15) is 22.5 Å². The van der Waals surface area contributed by atoms with Crippen molar-refractivity contribution < 1.29 is 19.1 Å². The standard InChI is InChI=1S/C16H17NO4S/c18-15(17-9-12-5-3-7-20-12)10-21-16(19)14-8-11-4-1-2-6-13(11)22-14/h1-2,4,6,8,12H,3,5,7,9-10H2,(H,17,18). The maximum atomic E-state index is 12.0. The molecular weight excluding hydrogens is 302 g/mol. The smallest absolute Gasteiger partial charge is 0.348 e. The van der Waals surface area contributed by atoms with E-state index < -0.39 is 5.97 Å². The van der Waals surface area contributed by atoms with Crippen LogP contribution in [0.5, 0.6) is 0 Å². The molecule has 1 unspecified atom stereocenters. The van der Waals surface area contributed by atoms with E-state index in [-0.39, 0.29) is 18.6 Å². The number of thiophene rings is 1. The number of amides is 1. The van der Waals surface area contributed by atoms with Crippen molar-refractivity contribution in [3.8, 4) is 0 Å². The van der Waals surface area contributed by atoms with Crippen molar-refractivity contribution >= 4 is 33.3 Å². The quantitative estimate of drug-likeness (QED) is 0.859. The molecule has 5 nitrogen and oxygen atoms in total. The van der Waals surface area contributed by atoms with Gasteiger partial charge in [0.25, 0.3) is 5.91 Å². The number of rotatable bonds is 5. The number of ether oxygens (including phenoxy) is 2. The van der Waals surface area contributed by atoms with Gasteiger partial charge in [0.2, 0.25) is 0 Å². The normalized spacial score (nSPS) is 17.5. The Bertz CT molecular complexity index is 643. The van der Waals surface area contributed by atoms with Crippen molar-refractivity contribution in [2.24, 2.45) is 0 Å². The third-order valence-corrected chi connectivity index (χ3v) is 4.61. The average molecular weight is 319 g/mol. The minimum Gasteiger partial charge on any atom is -0.451 e. The van der Waals surface area contributed by atoms with Crippen LogP contribution in [0.2, 0.25) is 0 Å². The van der Waals surface area contributed by atoms with Crippen LogP contribution in [0.4, 0.5) is 0 Å². The Kier molecular flexibility index (Phi) is 4.70. The zero-order valence-electron chi connectivity index (χ0n) is 12.0. The second-order valence-electron chi connectivity index (χ2n) is 5.16. The fourth-order valence-corrected chi connectivity index (χ4v) is 3.33. The van der Waals surface area contributed by atoms with Gasteiger partial charge in [0, 0.05) is 17.9 Å². The number of hydrogen-bond acceptors (Lipinski definition) is 5. The van der Waals surface area contributed by atoms with Crippen molar-refractivity contribution in [1.82, 2.24) is 5.32 Å². The van der Waals surface area contributed by atoms with Crippen molar-refractivity contribution in [1.29, 1.82) is 0 Å².